The van der Waals surface area contributed by atoms with Crippen LogP contribution in [-0.2, 0) is 22.1 Å². The number of guanidine groups is 1. The van der Waals surface area contributed by atoms with Gasteiger partial charge < -0.3 is 15.2 Å². The molecule has 1 unspecified atom stereocenters. The molecule has 0 fully saturated rings. The maximum atomic E-state index is 13.6. The minimum atomic E-state index is -3.22. The summed E-state index contributed by atoms with van der Waals surface area (Å²) in [6, 6.07) is 4.11. The predicted octanol–water partition coefficient (Wildman–Crippen LogP) is 3.06. The van der Waals surface area contributed by atoms with Gasteiger partial charge in [-0.3, -0.25) is 4.99 Å². The largest absolute Gasteiger partial charge is 0.361 e. The fraction of sp³-hybridized carbons (Fsp3) is 0.474. The summed E-state index contributed by atoms with van der Waals surface area (Å²) in [5.74, 6) is 0.927. The highest BCUT2D eigenvalue weighted by atomic mass is 127. The summed E-state index contributed by atoms with van der Waals surface area (Å²) in [5.41, 5.74) is 3.06. The van der Waals surface area contributed by atoms with Crippen LogP contribution < -0.4 is 10.6 Å². The van der Waals surface area contributed by atoms with Crippen LogP contribution in [0, 0.1) is 19.7 Å². The molecule has 0 aliphatic rings. The quantitative estimate of drug-likeness (QED) is 0.320. The lowest BCUT2D eigenvalue weighted by molar-refractivity contribution is 0.391. The molecule has 1 atom stereocenters. The summed E-state index contributed by atoms with van der Waals surface area (Å²) in [5, 5.41) is 10.3. The third-order valence-electron chi connectivity index (χ3n) is 4.41. The second-order valence-electron chi connectivity index (χ2n) is 6.93. The average molecular weight is 538 g/mol. The van der Waals surface area contributed by atoms with Crippen molar-refractivity contribution < 1.29 is 17.3 Å². The zero-order valence-electron chi connectivity index (χ0n) is 17.2. The van der Waals surface area contributed by atoms with E-state index in [-0.39, 0.29) is 42.2 Å². The van der Waals surface area contributed by atoms with Crippen LogP contribution in [0.2, 0.25) is 0 Å². The van der Waals surface area contributed by atoms with E-state index in [1.807, 2.05) is 13.8 Å². The van der Waals surface area contributed by atoms with Crippen molar-refractivity contribution in [3.8, 4) is 0 Å². The monoisotopic (exact) mass is 538 g/mol. The number of aryl methyl sites for hydroxylation is 2. The molecule has 0 radical (unpaired) electrons. The van der Waals surface area contributed by atoms with E-state index >= 15 is 0 Å². The Kier molecular flexibility index (Phi) is 9.53. The Hall–Kier alpha value is -1.69. The van der Waals surface area contributed by atoms with Crippen LogP contribution in [0.15, 0.2) is 27.7 Å². The van der Waals surface area contributed by atoms with Crippen LogP contribution >= 0.6 is 24.0 Å². The third kappa shape index (κ3) is 7.57. The molecule has 1 aromatic heterocycles. The Morgan fingerprint density at radius 3 is 2.52 bits per heavy atom. The van der Waals surface area contributed by atoms with Crippen molar-refractivity contribution in [2.45, 2.75) is 39.0 Å². The van der Waals surface area contributed by atoms with Crippen LogP contribution in [-0.4, -0.2) is 39.4 Å². The van der Waals surface area contributed by atoms with Gasteiger partial charge in [0.2, 0.25) is 0 Å². The summed E-state index contributed by atoms with van der Waals surface area (Å²) in [6.45, 7) is 6.70. The van der Waals surface area contributed by atoms with Gasteiger partial charge in [-0.25, -0.2) is 12.8 Å². The molecule has 0 saturated carbocycles. The number of benzene rings is 1. The molecule has 0 saturated heterocycles. The first-order chi connectivity index (χ1) is 13.1. The minimum absolute atomic E-state index is 0. The van der Waals surface area contributed by atoms with Gasteiger partial charge in [-0.2, -0.15) is 0 Å². The molecule has 1 heterocycles. The van der Waals surface area contributed by atoms with Gasteiger partial charge in [-0.15, -0.1) is 24.0 Å². The zero-order chi connectivity index (χ0) is 20.9. The van der Waals surface area contributed by atoms with Gasteiger partial charge in [0.25, 0.3) is 0 Å². The van der Waals surface area contributed by atoms with Gasteiger partial charge in [0.1, 0.15) is 11.6 Å². The lowest BCUT2D eigenvalue weighted by atomic mass is 10.00. The molecular formula is C19H28FIN4O3S. The Morgan fingerprint density at radius 1 is 1.28 bits per heavy atom. The van der Waals surface area contributed by atoms with Gasteiger partial charge in [0.05, 0.1) is 11.4 Å². The van der Waals surface area contributed by atoms with Crippen molar-refractivity contribution in [2.24, 2.45) is 4.99 Å². The molecule has 2 rings (SSSR count). The van der Waals surface area contributed by atoms with Crippen molar-refractivity contribution in [3.63, 3.8) is 0 Å². The van der Waals surface area contributed by atoms with E-state index in [4.69, 9.17) is 4.52 Å². The van der Waals surface area contributed by atoms with Gasteiger partial charge in [0.15, 0.2) is 15.8 Å². The SMILES string of the molecule is CN=C(NCc1cc(F)ccc1CS(C)(=O)=O)NCC(C)c1c(C)noc1C.I. The maximum Gasteiger partial charge on any atom is 0.191 e. The summed E-state index contributed by atoms with van der Waals surface area (Å²) in [7, 11) is -1.58. The Balaban J connectivity index is 0.00000420. The molecule has 2 aromatic rings. The van der Waals surface area contributed by atoms with Crippen molar-refractivity contribution in [3.05, 3.63) is 52.2 Å². The fourth-order valence-electron chi connectivity index (χ4n) is 3.13. The van der Waals surface area contributed by atoms with Crippen molar-refractivity contribution >= 4 is 39.8 Å². The molecular weight excluding hydrogens is 510 g/mol. The van der Waals surface area contributed by atoms with Crippen molar-refractivity contribution in [1.82, 2.24) is 15.8 Å². The van der Waals surface area contributed by atoms with Crippen LogP contribution in [0.3, 0.4) is 0 Å². The van der Waals surface area contributed by atoms with Crippen LogP contribution in [0.1, 0.15) is 41.0 Å². The minimum Gasteiger partial charge on any atom is -0.361 e. The molecule has 1 aromatic carbocycles. The highest BCUT2D eigenvalue weighted by Gasteiger charge is 2.17. The van der Waals surface area contributed by atoms with E-state index < -0.39 is 15.7 Å². The Morgan fingerprint density at radius 2 is 1.97 bits per heavy atom. The smallest absolute Gasteiger partial charge is 0.191 e. The highest BCUT2D eigenvalue weighted by Crippen LogP contribution is 2.22. The highest BCUT2D eigenvalue weighted by molar-refractivity contribution is 14.0. The molecule has 2 N–H and O–H groups in total. The molecule has 0 aliphatic carbocycles. The number of hydrogen-bond acceptors (Lipinski definition) is 5. The number of halogens is 2. The lowest BCUT2D eigenvalue weighted by Crippen LogP contribution is -2.39. The number of aromatic nitrogens is 1. The molecule has 0 spiro atoms. The van der Waals surface area contributed by atoms with Gasteiger partial charge in [-0.05, 0) is 37.1 Å². The average Bonchev–Trinajstić information content (AvgIpc) is 2.94. The molecule has 0 amide bonds. The van der Waals surface area contributed by atoms with Crippen molar-refractivity contribution in [1.29, 1.82) is 0 Å². The number of hydrogen-bond donors (Lipinski definition) is 2. The summed E-state index contributed by atoms with van der Waals surface area (Å²) < 4.78 is 42.1. The van der Waals surface area contributed by atoms with E-state index in [0.29, 0.717) is 23.6 Å². The first-order valence-electron chi connectivity index (χ1n) is 8.93. The number of nitrogens with zero attached hydrogens (tertiary/aromatic N) is 2. The second-order valence-corrected chi connectivity index (χ2v) is 9.07. The van der Waals surface area contributed by atoms with Crippen molar-refractivity contribution in [2.75, 3.05) is 19.8 Å². The molecule has 10 heteroatoms. The Bertz CT molecular complexity index is 941. The molecule has 29 heavy (non-hydrogen) atoms. The molecule has 0 bridgehead atoms. The van der Waals surface area contributed by atoms with E-state index in [1.54, 1.807) is 7.05 Å². The summed E-state index contributed by atoms with van der Waals surface area (Å²) >= 11 is 0. The Labute approximate surface area is 188 Å². The van der Waals surface area contributed by atoms with Crippen LogP contribution in [0.4, 0.5) is 4.39 Å². The van der Waals surface area contributed by atoms with E-state index in [0.717, 1.165) is 23.3 Å². The zero-order valence-corrected chi connectivity index (χ0v) is 20.4. The lowest BCUT2D eigenvalue weighted by Gasteiger charge is -2.17. The van der Waals surface area contributed by atoms with E-state index in [1.165, 1.54) is 18.2 Å². The number of rotatable bonds is 7. The summed E-state index contributed by atoms with van der Waals surface area (Å²) in [6.07, 6.45) is 1.16. The van der Waals surface area contributed by atoms with Crippen LogP contribution in [0.25, 0.3) is 0 Å². The molecule has 7 nitrogen and oxygen atoms in total. The number of sulfone groups is 1. The molecule has 162 valence electrons. The maximum absolute atomic E-state index is 13.6. The fourth-order valence-corrected chi connectivity index (χ4v) is 3.97. The van der Waals surface area contributed by atoms with Gasteiger partial charge in [0, 0.05) is 37.9 Å². The second kappa shape index (κ2) is 10.9. The first-order valence-corrected chi connectivity index (χ1v) is 11.0. The van der Waals surface area contributed by atoms with E-state index in [2.05, 4.69) is 27.7 Å². The molecule has 0 aliphatic heterocycles. The third-order valence-corrected chi connectivity index (χ3v) is 5.25. The normalized spacial score (nSPS) is 13.0. The standard InChI is InChI=1S/C19H27FN4O3S.HI/c1-12(18-13(2)24-27-14(18)3)9-22-19(21-4)23-10-16-8-17(20)7-6-15(16)11-28(5,25)26;/h6-8,12H,9-11H2,1-5H3,(H2,21,22,23);1H. The predicted molar refractivity (Wildman–Crippen MR) is 123 cm³/mol. The van der Waals surface area contributed by atoms with E-state index in [9.17, 15) is 12.8 Å². The number of nitrogens with one attached hydrogen (secondary N) is 2. The van der Waals surface area contributed by atoms with Gasteiger partial charge >= 0.3 is 0 Å². The first kappa shape index (κ1) is 25.3. The topological polar surface area (TPSA) is 96.6 Å². The number of aliphatic imine (C=N–C) groups is 1. The summed E-state index contributed by atoms with van der Waals surface area (Å²) in [4.78, 5) is 4.17. The van der Waals surface area contributed by atoms with Gasteiger partial charge in [-0.1, -0.05) is 18.1 Å². The van der Waals surface area contributed by atoms with Crippen LogP contribution in [0.5, 0.6) is 0 Å².